The molecule has 0 amide bonds. The van der Waals surface area contributed by atoms with Gasteiger partial charge in [0.15, 0.2) is 5.82 Å². The number of hydrogen-bond acceptors (Lipinski definition) is 8. The van der Waals surface area contributed by atoms with Gasteiger partial charge in [0.1, 0.15) is 18.0 Å². The van der Waals surface area contributed by atoms with Gasteiger partial charge in [-0.25, -0.2) is 28.4 Å². The minimum absolute atomic E-state index is 0.514. The van der Waals surface area contributed by atoms with Crippen LogP contribution in [0.1, 0.15) is 11.4 Å². The summed E-state index contributed by atoms with van der Waals surface area (Å²) in [6, 6.07) is 2.02. The lowest BCUT2D eigenvalue weighted by molar-refractivity contribution is 0.182. The van der Waals surface area contributed by atoms with Gasteiger partial charge < -0.3 is 5.32 Å². The Bertz CT molecular complexity index is 880. The number of nitrogens with one attached hydrogen (secondary N) is 1. The average Bonchev–Trinajstić information content (AvgIpc) is 2.61. The van der Waals surface area contributed by atoms with E-state index >= 15 is 0 Å². The lowest BCUT2D eigenvalue weighted by atomic mass is 10.1. The quantitative estimate of drug-likeness (QED) is 0.796. The van der Waals surface area contributed by atoms with E-state index in [0.717, 1.165) is 11.1 Å². The Balaban J connectivity index is 1.77. The second-order valence-corrected chi connectivity index (χ2v) is 8.27. The molecule has 1 saturated heterocycles. The monoisotopic (exact) mass is 377 g/mol. The number of hydrogen-bond donors (Lipinski definition) is 1. The minimum Gasteiger partial charge on any atom is -0.373 e. The van der Waals surface area contributed by atoms with Gasteiger partial charge in [0.05, 0.1) is 11.8 Å². The van der Waals surface area contributed by atoms with Crippen LogP contribution < -0.4 is 5.32 Å². The van der Waals surface area contributed by atoms with Gasteiger partial charge in [0.2, 0.25) is 10.0 Å². The lowest BCUT2D eigenvalue weighted by Gasteiger charge is -2.33. The number of rotatable bonds is 5. The predicted molar refractivity (Wildman–Crippen MR) is 99.0 cm³/mol. The highest BCUT2D eigenvalue weighted by Gasteiger charge is 2.23. The van der Waals surface area contributed by atoms with E-state index < -0.39 is 10.0 Å². The fourth-order valence-corrected chi connectivity index (χ4v) is 3.78. The van der Waals surface area contributed by atoms with E-state index in [2.05, 4.69) is 30.2 Å². The van der Waals surface area contributed by atoms with E-state index in [-0.39, 0.29) is 0 Å². The second-order valence-electron chi connectivity index (χ2n) is 6.28. The molecule has 140 valence electrons. The molecular formula is C16H23N7O2S. The standard InChI is InChI=1S/C16H23N7O2S/c1-12-19-11-20-16(21-12)14-8-13(9-18-15(14)17-2)10-22-4-6-23(7-5-22)26(3,24)25/h8-9,11H,4-7,10H2,1-3H3,(H,17,18). The van der Waals surface area contributed by atoms with Gasteiger partial charge in [0, 0.05) is 46.0 Å². The molecule has 1 aliphatic heterocycles. The summed E-state index contributed by atoms with van der Waals surface area (Å²) in [5.41, 5.74) is 1.86. The Morgan fingerprint density at radius 2 is 1.88 bits per heavy atom. The van der Waals surface area contributed by atoms with E-state index in [1.54, 1.807) is 0 Å². The average molecular weight is 377 g/mol. The van der Waals surface area contributed by atoms with Crippen molar-refractivity contribution in [1.29, 1.82) is 0 Å². The van der Waals surface area contributed by atoms with Gasteiger partial charge in [-0.2, -0.15) is 4.31 Å². The van der Waals surface area contributed by atoms with Gasteiger partial charge in [-0.15, -0.1) is 0 Å². The molecule has 0 unspecified atom stereocenters. The van der Waals surface area contributed by atoms with E-state index in [4.69, 9.17) is 0 Å². The zero-order valence-electron chi connectivity index (χ0n) is 15.2. The first-order chi connectivity index (χ1) is 12.4. The molecule has 9 nitrogen and oxygen atoms in total. The van der Waals surface area contributed by atoms with Gasteiger partial charge in [0.25, 0.3) is 0 Å². The zero-order chi connectivity index (χ0) is 18.7. The van der Waals surface area contributed by atoms with Crippen molar-refractivity contribution in [1.82, 2.24) is 29.1 Å². The summed E-state index contributed by atoms with van der Waals surface area (Å²) < 4.78 is 24.8. The van der Waals surface area contributed by atoms with Crippen molar-refractivity contribution in [2.24, 2.45) is 0 Å². The highest BCUT2D eigenvalue weighted by molar-refractivity contribution is 7.88. The van der Waals surface area contributed by atoms with Crippen molar-refractivity contribution in [3.05, 3.63) is 30.0 Å². The molecule has 0 aliphatic carbocycles. The maximum atomic E-state index is 11.6. The first-order valence-electron chi connectivity index (χ1n) is 8.37. The van der Waals surface area contributed by atoms with Crippen LogP contribution in [0, 0.1) is 6.92 Å². The van der Waals surface area contributed by atoms with Crippen LogP contribution in [0.3, 0.4) is 0 Å². The lowest BCUT2D eigenvalue weighted by Crippen LogP contribution is -2.47. The molecule has 0 saturated carbocycles. The van der Waals surface area contributed by atoms with Crippen molar-refractivity contribution in [2.75, 3.05) is 44.8 Å². The first kappa shape index (κ1) is 18.6. The largest absolute Gasteiger partial charge is 0.373 e. The third-order valence-electron chi connectivity index (χ3n) is 4.32. The fourth-order valence-electron chi connectivity index (χ4n) is 2.95. The van der Waals surface area contributed by atoms with Crippen molar-refractivity contribution in [3.63, 3.8) is 0 Å². The summed E-state index contributed by atoms with van der Waals surface area (Å²) in [6.45, 7) is 4.94. The number of aryl methyl sites for hydroxylation is 1. The summed E-state index contributed by atoms with van der Waals surface area (Å²) in [6.07, 6.45) is 4.58. The van der Waals surface area contributed by atoms with E-state index in [1.165, 1.54) is 16.9 Å². The van der Waals surface area contributed by atoms with Gasteiger partial charge in [-0.3, -0.25) is 4.90 Å². The molecule has 1 N–H and O–H groups in total. The van der Waals surface area contributed by atoms with E-state index in [9.17, 15) is 8.42 Å². The molecule has 0 radical (unpaired) electrons. The zero-order valence-corrected chi connectivity index (χ0v) is 16.0. The third kappa shape index (κ3) is 4.32. The van der Waals surface area contributed by atoms with Crippen molar-refractivity contribution >= 4 is 15.8 Å². The Hall–Kier alpha value is -2.17. The van der Waals surface area contributed by atoms with E-state index in [1.807, 2.05) is 26.2 Å². The Morgan fingerprint density at radius 3 is 2.50 bits per heavy atom. The minimum atomic E-state index is -3.11. The van der Waals surface area contributed by atoms with Gasteiger partial charge in [-0.05, 0) is 18.6 Å². The topological polar surface area (TPSA) is 104 Å². The number of sulfonamides is 1. The summed E-state index contributed by atoms with van der Waals surface area (Å²) >= 11 is 0. The molecule has 0 atom stereocenters. The van der Waals surface area contributed by atoms with Crippen LogP contribution in [0.5, 0.6) is 0 Å². The fraction of sp³-hybridized carbons (Fsp3) is 0.500. The molecule has 3 heterocycles. The number of nitrogens with zero attached hydrogens (tertiary/aromatic N) is 6. The number of piperazine rings is 1. The van der Waals surface area contributed by atoms with Crippen LogP contribution >= 0.6 is 0 Å². The summed E-state index contributed by atoms with van der Waals surface area (Å²) in [5.74, 6) is 1.94. The molecule has 2 aromatic heterocycles. The van der Waals surface area contributed by atoms with Crippen molar-refractivity contribution < 1.29 is 8.42 Å². The van der Waals surface area contributed by atoms with E-state index in [0.29, 0.717) is 50.2 Å². The molecule has 1 fully saturated rings. The molecule has 2 aromatic rings. The Kier molecular flexibility index (Phi) is 5.44. The predicted octanol–water partition coefficient (Wildman–Crippen LogP) is 0.361. The summed E-state index contributed by atoms with van der Waals surface area (Å²) in [4.78, 5) is 19.4. The normalized spacial score (nSPS) is 16.6. The third-order valence-corrected chi connectivity index (χ3v) is 5.62. The maximum Gasteiger partial charge on any atom is 0.211 e. The van der Waals surface area contributed by atoms with Crippen LogP contribution in [0.15, 0.2) is 18.6 Å². The SMILES string of the molecule is CNc1ncc(CN2CCN(S(C)(=O)=O)CC2)cc1-c1ncnc(C)n1. The van der Waals surface area contributed by atoms with Gasteiger partial charge in [-0.1, -0.05) is 0 Å². The number of aromatic nitrogens is 4. The van der Waals surface area contributed by atoms with Crippen LogP contribution in [0.2, 0.25) is 0 Å². The second kappa shape index (κ2) is 7.60. The molecular weight excluding hydrogens is 354 g/mol. The van der Waals surface area contributed by atoms with Crippen LogP contribution in [-0.2, 0) is 16.6 Å². The van der Waals surface area contributed by atoms with Gasteiger partial charge >= 0.3 is 0 Å². The molecule has 26 heavy (non-hydrogen) atoms. The summed E-state index contributed by atoms with van der Waals surface area (Å²) in [7, 11) is -1.30. The molecule has 0 bridgehead atoms. The van der Waals surface area contributed by atoms with Crippen LogP contribution in [-0.4, -0.2) is 77.0 Å². The molecule has 3 rings (SSSR count). The number of pyridine rings is 1. The molecule has 0 aromatic carbocycles. The Labute approximate surface area is 153 Å². The van der Waals surface area contributed by atoms with Crippen LogP contribution in [0.25, 0.3) is 11.4 Å². The molecule has 1 aliphatic rings. The smallest absolute Gasteiger partial charge is 0.211 e. The highest BCUT2D eigenvalue weighted by atomic mass is 32.2. The summed E-state index contributed by atoms with van der Waals surface area (Å²) in [5, 5.41) is 3.07. The molecule has 0 spiro atoms. The highest BCUT2D eigenvalue weighted by Crippen LogP contribution is 2.24. The molecule has 10 heteroatoms. The van der Waals surface area contributed by atoms with Crippen molar-refractivity contribution in [2.45, 2.75) is 13.5 Å². The van der Waals surface area contributed by atoms with Crippen LogP contribution in [0.4, 0.5) is 5.82 Å². The number of anilines is 1. The van der Waals surface area contributed by atoms with Crippen molar-refractivity contribution in [3.8, 4) is 11.4 Å². The maximum absolute atomic E-state index is 11.6. The first-order valence-corrected chi connectivity index (χ1v) is 10.2. The Morgan fingerprint density at radius 1 is 1.15 bits per heavy atom.